The van der Waals surface area contributed by atoms with Crippen molar-refractivity contribution in [2.75, 3.05) is 0 Å². The molecule has 0 saturated heterocycles. The molecule has 0 aliphatic rings. The Labute approximate surface area is 87.8 Å². The predicted molar refractivity (Wildman–Crippen MR) is 59.5 cm³/mol. The van der Waals surface area contributed by atoms with Gasteiger partial charge in [0.1, 0.15) is 5.65 Å². The van der Waals surface area contributed by atoms with Crippen LogP contribution >= 0.6 is 0 Å². The maximum atomic E-state index is 4.53. The quantitative estimate of drug-likeness (QED) is 0.581. The lowest BCUT2D eigenvalue weighted by Gasteiger charge is -1.92. The van der Waals surface area contributed by atoms with E-state index in [-0.39, 0.29) is 0 Å². The van der Waals surface area contributed by atoms with Gasteiger partial charge in [-0.2, -0.15) is 0 Å². The number of imidazole rings is 1. The number of rotatable bonds is 1. The normalized spacial score (nSPS) is 10.7. The Morgan fingerprint density at radius 3 is 2.73 bits per heavy atom. The van der Waals surface area contributed by atoms with Crippen LogP contribution in [0.5, 0.6) is 0 Å². The zero-order valence-electron chi connectivity index (χ0n) is 8.09. The zero-order chi connectivity index (χ0) is 10.1. The van der Waals surface area contributed by atoms with Crippen LogP contribution in [-0.4, -0.2) is 9.38 Å². The highest BCUT2D eigenvalue weighted by atomic mass is 15.0. The molecule has 3 rings (SSSR count). The van der Waals surface area contributed by atoms with Gasteiger partial charge in [-0.15, -0.1) is 0 Å². The number of hydrogen-bond donors (Lipinski definition) is 0. The van der Waals surface area contributed by atoms with E-state index in [1.165, 1.54) is 0 Å². The largest absolute Gasteiger partial charge is 0.306 e. The number of pyridine rings is 1. The van der Waals surface area contributed by atoms with Gasteiger partial charge in [0.15, 0.2) is 0 Å². The van der Waals surface area contributed by atoms with Crippen LogP contribution in [0.25, 0.3) is 16.9 Å². The van der Waals surface area contributed by atoms with Gasteiger partial charge in [0.2, 0.25) is 0 Å². The fourth-order valence-electron chi connectivity index (χ4n) is 1.63. The lowest BCUT2D eigenvalue weighted by Crippen LogP contribution is -1.77. The van der Waals surface area contributed by atoms with Gasteiger partial charge >= 0.3 is 0 Å². The van der Waals surface area contributed by atoms with Crippen molar-refractivity contribution in [1.29, 1.82) is 0 Å². The van der Waals surface area contributed by atoms with E-state index in [1.54, 1.807) is 0 Å². The van der Waals surface area contributed by atoms with Crippen LogP contribution in [-0.2, 0) is 0 Å². The lowest BCUT2D eigenvalue weighted by atomic mass is 10.2. The van der Waals surface area contributed by atoms with E-state index in [0.717, 1.165) is 16.9 Å². The van der Waals surface area contributed by atoms with Crippen molar-refractivity contribution in [2.24, 2.45) is 0 Å². The molecule has 2 nitrogen and oxygen atoms in total. The summed E-state index contributed by atoms with van der Waals surface area (Å²) in [5, 5.41) is 0. The molecule has 0 aliphatic carbocycles. The molecule has 2 aromatic heterocycles. The maximum absolute atomic E-state index is 4.53. The van der Waals surface area contributed by atoms with Crippen LogP contribution in [0.3, 0.4) is 0 Å². The first-order valence-electron chi connectivity index (χ1n) is 4.84. The fraction of sp³-hybridized carbons (Fsp3) is 0. The summed E-state index contributed by atoms with van der Waals surface area (Å²) in [5.41, 5.74) is 3.09. The van der Waals surface area contributed by atoms with Gasteiger partial charge in [0, 0.05) is 18.0 Å². The minimum absolute atomic E-state index is 0.973. The highest BCUT2D eigenvalue weighted by Crippen LogP contribution is 2.17. The second kappa shape index (κ2) is 3.24. The van der Waals surface area contributed by atoms with Gasteiger partial charge < -0.3 is 4.40 Å². The molecule has 0 aliphatic heterocycles. The summed E-state index contributed by atoms with van der Waals surface area (Å²) in [6.07, 6.45) is 4.03. The topological polar surface area (TPSA) is 17.3 Å². The average molecular weight is 193 g/mol. The van der Waals surface area contributed by atoms with Crippen LogP contribution in [0, 0.1) is 6.07 Å². The third-order valence-electron chi connectivity index (χ3n) is 2.38. The van der Waals surface area contributed by atoms with Gasteiger partial charge in [0.05, 0.1) is 5.69 Å². The van der Waals surface area contributed by atoms with Crippen molar-refractivity contribution in [3.63, 3.8) is 0 Å². The highest BCUT2D eigenvalue weighted by molar-refractivity contribution is 5.62. The molecule has 0 atom stereocenters. The molecular weight excluding hydrogens is 184 g/mol. The van der Waals surface area contributed by atoms with E-state index in [4.69, 9.17) is 0 Å². The Morgan fingerprint density at radius 2 is 1.93 bits per heavy atom. The van der Waals surface area contributed by atoms with Gasteiger partial charge in [-0.05, 0) is 18.2 Å². The second-order valence-electron chi connectivity index (χ2n) is 3.38. The molecule has 15 heavy (non-hydrogen) atoms. The smallest absolute Gasteiger partial charge is 0.137 e. The summed E-state index contributed by atoms with van der Waals surface area (Å²) in [4.78, 5) is 4.53. The van der Waals surface area contributed by atoms with Crippen LogP contribution in [0.4, 0.5) is 0 Å². The summed E-state index contributed by atoms with van der Waals surface area (Å²) in [6, 6.07) is 16.8. The Balaban J connectivity index is 2.21. The molecule has 0 fully saturated rings. The molecule has 1 aromatic carbocycles. The first-order chi connectivity index (χ1) is 7.43. The number of benzene rings is 1. The van der Waals surface area contributed by atoms with Crippen LogP contribution in [0.1, 0.15) is 0 Å². The summed E-state index contributed by atoms with van der Waals surface area (Å²) in [6.45, 7) is 0. The minimum atomic E-state index is 0.973. The molecule has 0 bridgehead atoms. The Hall–Kier alpha value is -2.09. The molecule has 0 unspecified atom stereocenters. The van der Waals surface area contributed by atoms with Crippen LogP contribution < -0.4 is 0 Å². The predicted octanol–water partition coefficient (Wildman–Crippen LogP) is 2.80. The van der Waals surface area contributed by atoms with Crippen molar-refractivity contribution >= 4 is 5.65 Å². The third kappa shape index (κ3) is 1.40. The van der Waals surface area contributed by atoms with Crippen LogP contribution in [0.2, 0.25) is 0 Å². The average Bonchev–Trinajstić information content (AvgIpc) is 2.74. The van der Waals surface area contributed by atoms with E-state index in [2.05, 4.69) is 11.1 Å². The fourth-order valence-corrected chi connectivity index (χ4v) is 1.63. The van der Waals surface area contributed by atoms with Crippen molar-refractivity contribution in [1.82, 2.24) is 9.38 Å². The molecule has 0 N–H and O–H groups in total. The Kier molecular flexibility index (Phi) is 1.78. The molecule has 0 spiro atoms. The molecule has 0 saturated carbocycles. The van der Waals surface area contributed by atoms with Gasteiger partial charge in [-0.1, -0.05) is 30.3 Å². The van der Waals surface area contributed by atoms with E-state index >= 15 is 0 Å². The number of aromatic nitrogens is 2. The van der Waals surface area contributed by atoms with Crippen molar-refractivity contribution in [2.45, 2.75) is 0 Å². The molecular formula is C13H9N2. The highest BCUT2D eigenvalue weighted by Gasteiger charge is 2.01. The third-order valence-corrected chi connectivity index (χ3v) is 2.38. The van der Waals surface area contributed by atoms with Crippen molar-refractivity contribution in [3.8, 4) is 11.3 Å². The summed E-state index contributed by atoms with van der Waals surface area (Å²) in [5.74, 6) is 0. The van der Waals surface area contributed by atoms with Gasteiger partial charge in [-0.25, -0.2) is 4.98 Å². The summed E-state index contributed by atoms with van der Waals surface area (Å²) >= 11 is 0. The molecule has 2 heteroatoms. The van der Waals surface area contributed by atoms with Gasteiger partial charge in [-0.3, -0.25) is 0 Å². The zero-order valence-corrected chi connectivity index (χ0v) is 8.09. The SMILES string of the molecule is [c]1ccc(-c2cn3ccccc3n2)cc1. The Morgan fingerprint density at radius 1 is 1.07 bits per heavy atom. The molecule has 71 valence electrons. The molecule has 1 radical (unpaired) electrons. The number of hydrogen-bond acceptors (Lipinski definition) is 1. The monoisotopic (exact) mass is 193 g/mol. The summed E-state index contributed by atoms with van der Waals surface area (Å²) < 4.78 is 2.02. The molecule has 2 heterocycles. The lowest BCUT2D eigenvalue weighted by molar-refractivity contribution is 1.19. The van der Waals surface area contributed by atoms with E-state index < -0.39 is 0 Å². The van der Waals surface area contributed by atoms with Crippen LogP contribution in [0.15, 0.2) is 54.9 Å². The number of fused-ring (bicyclic) bond motifs is 1. The van der Waals surface area contributed by atoms with Crippen molar-refractivity contribution < 1.29 is 0 Å². The van der Waals surface area contributed by atoms with Gasteiger partial charge in [0.25, 0.3) is 0 Å². The standard InChI is InChI=1S/C13H9N2/c1-2-6-11(7-3-1)12-10-15-9-5-4-8-13(15)14-12/h2-10H. The van der Waals surface area contributed by atoms with Crippen molar-refractivity contribution in [3.05, 3.63) is 60.9 Å². The minimum Gasteiger partial charge on any atom is -0.306 e. The van der Waals surface area contributed by atoms with E-state index in [0.29, 0.717) is 0 Å². The molecule has 0 amide bonds. The Bertz CT molecular complexity index is 549. The van der Waals surface area contributed by atoms with E-state index in [9.17, 15) is 0 Å². The van der Waals surface area contributed by atoms with E-state index in [1.807, 2.05) is 59.3 Å². The number of nitrogens with zero attached hydrogens (tertiary/aromatic N) is 2. The first-order valence-corrected chi connectivity index (χ1v) is 4.84. The summed E-state index contributed by atoms with van der Waals surface area (Å²) in [7, 11) is 0. The second-order valence-corrected chi connectivity index (χ2v) is 3.38. The first kappa shape index (κ1) is 8.24. The maximum Gasteiger partial charge on any atom is 0.137 e. The molecule has 3 aromatic rings.